The number of nitrogens with one attached hydrogen (secondary N) is 1. The number of carbonyl (C=O) groups excluding carboxylic acids is 1. The van der Waals surface area contributed by atoms with Gasteiger partial charge in [0.2, 0.25) is 5.91 Å². The number of hydrogen-bond donors (Lipinski definition) is 1. The predicted octanol–water partition coefficient (Wildman–Crippen LogP) is 4.09. The Labute approximate surface area is 117 Å². The molecule has 1 N–H and O–H groups in total. The van der Waals surface area contributed by atoms with Crippen molar-refractivity contribution in [2.45, 2.75) is 31.0 Å². The second kappa shape index (κ2) is 6.79. The fourth-order valence-corrected chi connectivity index (χ4v) is 1.55. The average molecular weight is 340 g/mol. The van der Waals surface area contributed by atoms with Gasteiger partial charge in [0.25, 0.3) is 0 Å². The largest absolute Gasteiger partial charge is 0.573 e. The van der Waals surface area contributed by atoms with Gasteiger partial charge >= 0.3 is 6.36 Å². The van der Waals surface area contributed by atoms with E-state index in [-0.39, 0.29) is 28.6 Å². The summed E-state index contributed by atoms with van der Waals surface area (Å²) in [5, 5.41) is 2.52. The van der Waals surface area contributed by atoms with Crippen LogP contribution in [0.1, 0.15) is 19.8 Å². The van der Waals surface area contributed by atoms with Gasteiger partial charge in [0.1, 0.15) is 5.75 Å². The van der Waals surface area contributed by atoms with Crippen molar-refractivity contribution in [3.63, 3.8) is 0 Å². The summed E-state index contributed by atoms with van der Waals surface area (Å²) in [4.78, 5) is 11.7. The summed E-state index contributed by atoms with van der Waals surface area (Å²) in [5.74, 6) is -0.616. The molecule has 0 saturated heterocycles. The van der Waals surface area contributed by atoms with E-state index in [1.807, 2.05) is 6.92 Å². The van der Waals surface area contributed by atoms with Gasteiger partial charge in [-0.3, -0.25) is 4.79 Å². The fraction of sp³-hybridized carbons (Fsp3) is 0.417. The van der Waals surface area contributed by atoms with Crippen molar-refractivity contribution in [1.82, 2.24) is 0 Å². The Bertz CT molecular complexity index is 435. The predicted molar refractivity (Wildman–Crippen MR) is 69.4 cm³/mol. The van der Waals surface area contributed by atoms with Crippen LogP contribution in [0, 0.1) is 0 Å². The lowest BCUT2D eigenvalue weighted by Crippen LogP contribution is -2.17. The third kappa shape index (κ3) is 7.05. The van der Waals surface area contributed by atoms with Crippen LogP contribution in [-0.2, 0) is 4.79 Å². The van der Waals surface area contributed by atoms with Gasteiger partial charge in [0, 0.05) is 23.0 Å². The summed E-state index contributed by atoms with van der Waals surface area (Å²) < 4.78 is 39.9. The second-order valence-corrected chi connectivity index (χ2v) is 5.51. The minimum atomic E-state index is -4.74. The zero-order valence-corrected chi connectivity index (χ0v) is 11.7. The van der Waals surface area contributed by atoms with E-state index in [9.17, 15) is 18.0 Å². The lowest BCUT2D eigenvalue weighted by Gasteiger charge is -2.11. The SMILES string of the molecule is CC(Br)CCC(=O)Nc1cccc(OC(F)(F)F)c1. The van der Waals surface area contributed by atoms with Gasteiger partial charge in [-0.25, -0.2) is 0 Å². The van der Waals surface area contributed by atoms with Crippen molar-refractivity contribution in [1.29, 1.82) is 0 Å². The highest BCUT2D eigenvalue weighted by Gasteiger charge is 2.31. The van der Waals surface area contributed by atoms with Crippen molar-refractivity contribution in [3.05, 3.63) is 24.3 Å². The highest BCUT2D eigenvalue weighted by Crippen LogP contribution is 2.25. The van der Waals surface area contributed by atoms with E-state index in [1.54, 1.807) is 0 Å². The minimum Gasteiger partial charge on any atom is -0.406 e. The highest BCUT2D eigenvalue weighted by molar-refractivity contribution is 9.09. The molecule has 0 saturated carbocycles. The molecule has 0 bridgehead atoms. The van der Waals surface area contributed by atoms with Crippen LogP contribution in [0.15, 0.2) is 24.3 Å². The standard InChI is InChI=1S/C12H13BrF3NO2/c1-8(13)5-6-11(18)17-9-3-2-4-10(7-9)19-12(14,15)16/h2-4,7-8H,5-6H2,1H3,(H,17,18). The Morgan fingerprint density at radius 2 is 2.16 bits per heavy atom. The summed E-state index contributed by atoms with van der Waals surface area (Å²) in [5.41, 5.74) is 0.272. The second-order valence-electron chi connectivity index (χ2n) is 3.94. The monoisotopic (exact) mass is 339 g/mol. The van der Waals surface area contributed by atoms with E-state index in [0.717, 1.165) is 6.07 Å². The normalized spacial score (nSPS) is 12.9. The van der Waals surface area contributed by atoms with Crippen molar-refractivity contribution in [2.24, 2.45) is 0 Å². The van der Waals surface area contributed by atoms with Gasteiger partial charge in [-0.2, -0.15) is 0 Å². The van der Waals surface area contributed by atoms with Crippen LogP contribution in [0.25, 0.3) is 0 Å². The molecule has 0 aliphatic carbocycles. The zero-order valence-electron chi connectivity index (χ0n) is 10.1. The van der Waals surface area contributed by atoms with Crippen molar-refractivity contribution in [2.75, 3.05) is 5.32 Å². The first-order chi connectivity index (χ1) is 8.76. The van der Waals surface area contributed by atoms with E-state index < -0.39 is 6.36 Å². The number of carbonyl (C=O) groups is 1. The lowest BCUT2D eigenvalue weighted by atomic mass is 10.2. The molecule has 3 nitrogen and oxygen atoms in total. The maximum Gasteiger partial charge on any atom is 0.573 e. The number of rotatable bonds is 5. The van der Waals surface area contributed by atoms with Crippen LogP contribution < -0.4 is 10.1 Å². The van der Waals surface area contributed by atoms with Crippen LogP contribution in [0.5, 0.6) is 5.75 Å². The summed E-state index contributed by atoms with van der Waals surface area (Å²) in [7, 11) is 0. The molecule has 19 heavy (non-hydrogen) atoms. The maximum absolute atomic E-state index is 12.0. The van der Waals surface area contributed by atoms with E-state index in [1.165, 1.54) is 18.2 Å². The van der Waals surface area contributed by atoms with Gasteiger partial charge in [-0.15, -0.1) is 13.2 Å². The third-order valence-corrected chi connectivity index (χ3v) is 2.58. The Balaban J connectivity index is 2.59. The molecule has 1 unspecified atom stereocenters. The number of ether oxygens (including phenoxy) is 1. The first kappa shape index (κ1) is 15.8. The molecule has 0 spiro atoms. The Morgan fingerprint density at radius 1 is 1.47 bits per heavy atom. The van der Waals surface area contributed by atoms with E-state index >= 15 is 0 Å². The smallest absolute Gasteiger partial charge is 0.406 e. The molecule has 0 heterocycles. The molecular formula is C12H13BrF3NO2. The number of amides is 1. The molecule has 7 heteroatoms. The molecule has 0 fully saturated rings. The number of benzene rings is 1. The van der Waals surface area contributed by atoms with Crippen LogP contribution in [0.2, 0.25) is 0 Å². The molecule has 1 amide bonds. The average Bonchev–Trinajstić information content (AvgIpc) is 2.24. The summed E-state index contributed by atoms with van der Waals surface area (Å²) in [6.07, 6.45) is -3.81. The molecule has 106 valence electrons. The van der Waals surface area contributed by atoms with E-state index in [0.29, 0.717) is 6.42 Å². The van der Waals surface area contributed by atoms with Crippen molar-refractivity contribution >= 4 is 27.5 Å². The molecule has 1 atom stereocenters. The highest BCUT2D eigenvalue weighted by atomic mass is 79.9. The van der Waals surface area contributed by atoms with Gasteiger partial charge < -0.3 is 10.1 Å². The van der Waals surface area contributed by atoms with Gasteiger partial charge in [-0.1, -0.05) is 28.9 Å². The van der Waals surface area contributed by atoms with Crippen molar-refractivity contribution in [3.8, 4) is 5.75 Å². The molecular weight excluding hydrogens is 327 g/mol. The number of hydrogen-bond acceptors (Lipinski definition) is 2. The topological polar surface area (TPSA) is 38.3 Å². The number of alkyl halides is 4. The molecule has 0 aliphatic rings. The fourth-order valence-electron chi connectivity index (χ4n) is 1.32. The Morgan fingerprint density at radius 3 is 2.74 bits per heavy atom. The van der Waals surface area contributed by atoms with Crippen LogP contribution in [0.4, 0.5) is 18.9 Å². The van der Waals surface area contributed by atoms with Gasteiger partial charge in [0.15, 0.2) is 0 Å². The molecule has 0 aromatic heterocycles. The first-order valence-electron chi connectivity index (χ1n) is 5.56. The molecule has 0 aliphatic heterocycles. The van der Waals surface area contributed by atoms with Crippen LogP contribution >= 0.6 is 15.9 Å². The zero-order chi connectivity index (χ0) is 14.5. The molecule has 1 rings (SSSR count). The Kier molecular flexibility index (Phi) is 5.65. The summed E-state index contributed by atoms with van der Waals surface area (Å²) >= 11 is 3.31. The third-order valence-electron chi connectivity index (χ3n) is 2.12. The van der Waals surface area contributed by atoms with Crippen molar-refractivity contribution < 1.29 is 22.7 Å². The van der Waals surface area contributed by atoms with Crippen LogP contribution in [0.3, 0.4) is 0 Å². The Hall–Kier alpha value is -1.24. The summed E-state index contributed by atoms with van der Waals surface area (Å²) in [6.45, 7) is 1.91. The van der Waals surface area contributed by atoms with E-state index in [2.05, 4.69) is 26.0 Å². The van der Waals surface area contributed by atoms with Gasteiger partial charge in [0.05, 0.1) is 0 Å². The summed E-state index contributed by atoms with van der Waals surface area (Å²) in [6, 6.07) is 5.18. The quantitative estimate of drug-likeness (QED) is 0.820. The number of anilines is 1. The van der Waals surface area contributed by atoms with E-state index in [4.69, 9.17) is 0 Å². The molecule has 1 aromatic carbocycles. The van der Waals surface area contributed by atoms with Gasteiger partial charge in [-0.05, 0) is 18.6 Å². The van der Waals surface area contributed by atoms with Crippen LogP contribution in [-0.4, -0.2) is 17.1 Å². The minimum absolute atomic E-state index is 0.207. The maximum atomic E-state index is 12.0. The molecule has 0 radical (unpaired) electrons. The number of halogens is 4. The lowest BCUT2D eigenvalue weighted by molar-refractivity contribution is -0.274. The first-order valence-corrected chi connectivity index (χ1v) is 6.47. The molecule has 1 aromatic rings.